The molecule has 3 N–H and O–H groups in total. The van der Waals surface area contributed by atoms with Crippen LogP contribution in [0.1, 0.15) is 24.0 Å². The number of carbonyl (C=O) groups excluding carboxylic acids is 1. The maximum atomic E-state index is 13.0. The van der Waals surface area contributed by atoms with Gasteiger partial charge >= 0.3 is 11.9 Å². The monoisotopic (exact) mass is 430 g/mol. The number of hydrogen-bond donors (Lipinski definition) is 3. The van der Waals surface area contributed by atoms with Crippen molar-refractivity contribution in [1.29, 1.82) is 0 Å². The molecular weight excluding hydrogens is 403 g/mol. The highest BCUT2D eigenvalue weighted by atomic mass is 19.1. The molecule has 1 fully saturated rings. The molecule has 2 aromatic rings. The molecule has 0 bridgehead atoms. The van der Waals surface area contributed by atoms with Crippen molar-refractivity contribution in [3.63, 3.8) is 0 Å². The zero-order valence-electron chi connectivity index (χ0n) is 17.2. The second-order valence-corrected chi connectivity index (χ2v) is 7.31. The molecule has 0 spiro atoms. The van der Waals surface area contributed by atoms with Crippen molar-refractivity contribution in [2.75, 3.05) is 19.6 Å². The highest BCUT2D eigenvalue weighted by Gasteiger charge is 2.24. The minimum Gasteiger partial charge on any atom is -0.473 e. The van der Waals surface area contributed by atoms with E-state index < -0.39 is 11.9 Å². The summed E-state index contributed by atoms with van der Waals surface area (Å²) in [6.45, 7) is 3.34. The number of rotatable bonds is 6. The highest BCUT2D eigenvalue weighted by Crippen LogP contribution is 2.19. The fourth-order valence-corrected chi connectivity index (χ4v) is 3.32. The Morgan fingerprint density at radius 1 is 0.903 bits per heavy atom. The number of carboxylic acid groups (broad SMARTS) is 2. The van der Waals surface area contributed by atoms with Crippen LogP contribution in [0.25, 0.3) is 0 Å². The van der Waals surface area contributed by atoms with Gasteiger partial charge in [0.1, 0.15) is 5.82 Å². The van der Waals surface area contributed by atoms with Crippen molar-refractivity contribution in [2.45, 2.75) is 25.8 Å². The topological polar surface area (TPSA) is 107 Å². The Morgan fingerprint density at radius 2 is 1.48 bits per heavy atom. The van der Waals surface area contributed by atoms with Gasteiger partial charge in [-0.2, -0.15) is 0 Å². The Bertz CT molecular complexity index is 838. The molecule has 1 amide bonds. The molecule has 166 valence electrons. The number of carbonyl (C=O) groups is 3. The van der Waals surface area contributed by atoms with E-state index in [0.717, 1.165) is 44.5 Å². The van der Waals surface area contributed by atoms with Crippen LogP contribution in [0.2, 0.25) is 0 Å². The first-order valence-electron chi connectivity index (χ1n) is 10.1. The summed E-state index contributed by atoms with van der Waals surface area (Å²) in [5, 5.41) is 17.9. The number of amides is 1. The van der Waals surface area contributed by atoms with Crippen molar-refractivity contribution in [1.82, 2.24) is 10.2 Å². The van der Waals surface area contributed by atoms with Crippen LogP contribution in [0.15, 0.2) is 54.6 Å². The van der Waals surface area contributed by atoms with Crippen LogP contribution in [0, 0.1) is 11.7 Å². The predicted octanol–water partition coefficient (Wildman–Crippen LogP) is 2.55. The quantitative estimate of drug-likeness (QED) is 0.608. The molecular formula is C23H27FN2O5. The number of hydrogen-bond acceptors (Lipinski definition) is 4. The van der Waals surface area contributed by atoms with Gasteiger partial charge in [0.2, 0.25) is 5.91 Å². The average molecular weight is 430 g/mol. The van der Waals surface area contributed by atoms with Crippen LogP contribution in [-0.4, -0.2) is 52.6 Å². The van der Waals surface area contributed by atoms with Gasteiger partial charge < -0.3 is 15.5 Å². The largest absolute Gasteiger partial charge is 0.473 e. The van der Waals surface area contributed by atoms with Gasteiger partial charge in [-0.1, -0.05) is 42.5 Å². The maximum Gasteiger partial charge on any atom is 0.414 e. The number of halogens is 1. The normalized spacial score (nSPS) is 14.2. The third kappa shape index (κ3) is 8.96. The van der Waals surface area contributed by atoms with Crippen LogP contribution in [0.4, 0.5) is 4.39 Å². The maximum absolute atomic E-state index is 13.0. The Balaban J connectivity index is 0.000000501. The molecule has 0 atom stereocenters. The Hall–Kier alpha value is -3.26. The lowest BCUT2D eigenvalue weighted by Gasteiger charge is -2.31. The van der Waals surface area contributed by atoms with Gasteiger partial charge in [0.25, 0.3) is 0 Å². The van der Waals surface area contributed by atoms with Gasteiger partial charge in [-0.3, -0.25) is 9.69 Å². The third-order valence-electron chi connectivity index (χ3n) is 5.02. The van der Waals surface area contributed by atoms with Crippen molar-refractivity contribution < 1.29 is 29.0 Å². The van der Waals surface area contributed by atoms with Gasteiger partial charge in [0.15, 0.2) is 0 Å². The Labute approximate surface area is 180 Å². The second-order valence-electron chi connectivity index (χ2n) is 7.31. The minimum absolute atomic E-state index is 0.111. The standard InChI is InChI=1S/C21H25FN2O.C2H2O4/c22-20-8-6-18(7-9-20)16-24-14-11-19(12-15-24)21(25)23-13-10-17-4-2-1-3-5-17;3-1(4)2(5)6/h1-9,19H,10-16H2,(H,23,25);(H,3,4)(H,5,6). The molecule has 1 heterocycles. The summed E-state index contributed by atoms with van der Waals surface area (Å²) in [5.41, 5.74) is 2.36. The lowest BCUT2D eigenvalue weighted by molar-refractivity contribution is -0.159. The number of aliphatic carboxylic acids is 2. The van der Waals surface area contributed by atoms with Crippen molar-refractivity contribution in [3.8, 4) is 0 Å². The minimum atomic E-state index is -1.82. The summed E-state index contributed by atoms with van der Waals surface area (Å²) in [6.07, 6.45) is 2.65. The summed E-state index contributed by atoms with van der Waals surface area (Å²) in [7, 11) is 0. The number of likely N-dealkylation sites (tertiary alicyclic amines) is 1. The van der Waals surface area contributed by atoms with Gasteiger partial charge in [-0.25, -0.2) is 14.0 Å². The van der Waals surface area contributed by atoms with Crippen LogP contribution >= 0.6 is 0 Å². The summed E-state index contributed by atoms with van der Waals surface area (Å²) in [4.78, 5) is 32.9. The summed E-state index contributed by atoms with van der Waals surface area (Å²) in [6, 6.07) is 16.9. The molecule has 8 heteroatoms. The lowest BCUT2D eigenvalue weighted by atomic mass is 9.95. The van der Waals surface area contributed by atoms with Crippen LogP contribution in [-0.2, 0) is 27.3 Å². The average Bonchev–Trinajstić information content (AvgIpc) is 2.77. The number of piperidine rings is 1. The lowest BCUT2D eigenvalue weighted by Crippen LogP contribution is -2.40. The molecule has 31 heavy (non-hydrogen) atoms. The molecule has 3 rings (SSSR count). The molecule has 1 saturated heterocycles. The van der Waals surface area contributed by atoms with Gasteiger partial charge in [0, 0.05) is 19.0 Å². The molecule has 0 aromatic heterocycles. The third-order valence-corrected chi connectivity index (χ3v) is 5.02. The van der Waals surface area contributed by atoms with E-state index in [0.29, 0.717) is 6.54 Å². The Morgan fingerprint density at radius 3 is 2.03 bits per heavy atom. The molecule has 7 nitrogen and oxygen atoms in total. The van der Waals surface area contributed by atoms with E-state index in [2.05, 4.69) is 22.3 Å². The van der Waals surface area contributed by atoms with Crippen molar-refractivity contribution in [3.05, 3.63) is 71.5 Å². The summed E-state index contributed by atoms with van der Waals surface area (Å²) < 4.78 is 13.0. The van der Waals surface area contributed by atoms with Crippen LogP contribution in [0.5, 0.6) is 0 Å². The number of carboxylic acids is 2. The number of nitrogens with zero attached hydrogens (tertiary/aromatic N) is 1. The molecule has 0 unspecified atom stereocenters. The van der Waals surface area contributed by atoms with E-state index in [1.165, 1.54) is 17.7 Å². The molecule has 1 aliphatic heterocycles. The highest BCUT2D eigenvalue weighted by molar-refractivity contribution is 6.27. The van der Waals surface area contributed by atoms with E-state index in [-0.39, 0.29) is 17.6 Å². The zero-order valence-corrected chi connectivity index (χ0v) is 17.2. The van der Waals surface area contributed by atoms with E-state index in [4.69, 9.17) is 19.8 Å². The fourth-order valence-electron chi connectivity index (χ4n) is 3.32. The van der Waals surface area contributed by atoms with Gasteiger partial charge in [-0.05, 0) is 55.6 Å². The van der Waals surface area contributed by atoms with Gasteiger partial charge in [0.05, 0.1) is 0 Å². The molecule has 0 aliphatic carbocycles. The predicted molar refractivity (Wildman–Crippen MR) is 113 cm³/mol. The smallest absolute Gasteiger partial charge is 0.414 e. The number of nitrogens with one attached hydrogen (secondary N) is 1. The van der Waals surface area contributed by atoms with E-state index in [9.17, 15) is 9.18 Å². The second kappa shape index (κ2) is 12.4. The first-order chi connectivity index (χ1) is 14.8. The Kier molecular flexibility index (Phi) is 9.64. The molecule has 0 saturated carbocycles. The van der Waals surface area contributed by atoms with Crippen LogP contribution in [0.3, 0.4) is 0 Å². The van der Waals surface area contributed by atoms with Crippen LogP contribution < -0.4 is 5.32 Å². The first-order valence-corrected chi connectivity index (χ1v) is 10.1. The van der Waals surface area contributed by atoms with Crippen molar-refractivity contribution in [2.24, 2.45) is 5.92 Å². The molecule has 2 aromatic carbocycles. The fraction of sp³-hybridized carbons (Fsp3) is 0.348. The zero-order chi connectivity index (χ0) is 22.6. The molecule has 1 aliphatic rings. The summed E-state index contributed by atoms with van der Waals surface area (Å²) >= 11 is 0. The van der Waals surface area contributed by atoms with Gasteiger partial charge in [-0.15, -0.1) is 0 Å². The summed E-state index contributed by atoms with van der Waals surface area (Å²) in [5.74, 6) is -3.56. The van der Waals surface area contributed by atoms with Crippen molar-refractivity contribution >= 4 is 17.8 Å². The molecule has 0 radical (unpaired) electrons. The van der Waals surface area contributed by atoms with E-state index in [1.807, 2.05) is 30.3 Å². The number of benzene rings is 2. The first kappa shape index (κ1) is 24.0. The van der Waals surface area contributed by atoms with E-state index >= 15 is 0 Å². The SMILES string of the molecule is O=C(NCCc1ccccc1)C1CCN(Cc2ccc(F)cc2)CC1.O=C(O)C(=O)O. The van der Waals surface area contributed by atoms with E-state index in [1.54, 1.807) is 0 Å².